The molecule has 0 saturated carbocycles. The monoisotopic (exact) mass is 413 g/mol. The normalized spacial score (nSPS) is 16.1. The summed E-state index contributed by atoms with van der Waals surface area (Å²) in [5.74, 6) is 1.89. The van der Waals surface area contributed by atoms with Gasteiger partial charge in [-0.05, 0) is 36.1 Å². The average Bonchev–Trinajstić information content (AvgIpc) is 3.03. The van der Waals surface area contributed by atoms with Crippen LogP contribution in [0, 0.1) is 0 Å². The maximum atomic E-state index is 11.9. The van der Waals surface area contributed by atoms with Crippen LogP contribution in [0.25, 0.3) is 6.08 Å². The molecule has 1 heterocycles. The van der Waals surface area contributed by atoms with Crippen LogP contribution in [-0.4, -0.2) is 23.4 Å². The minimum Gasteiger partial charge on any atom is -0.490 e. The van der Waals surface area contributed by atoms with Crippen molar-refractivity contribution in [3.05, 3.63) is 64.6 Å². The highest BCUT2D eigenvalue weighted by atomic mass is 32.2. The topological polar surface area (TPSA) is 47.6 Å². The Balaban J connectivity index is 1.62. The number of benzene rings is 2. The molecule has 0 radical (unpaired) electrons. The van der Waals surface area contributed by atoms with Crippen LogP contribution in [0.4, 0.5) is 0 Å². The molecule has 0 unspecified atom stereocenters. The summed E-state index contributed by atoms with van der Waals surface area (Å²) in [6.07, 6.45) is 2.86. The van der Waals surface area contributed by atoms with Crippen molar-refractivity contribution in [2.24, 2.45) is 0 Å². The molecule has 28 heavy (non-hydrogen) atoms. The molecule has 0 spiro atoms. The zero-order chi connectivity index (χ0) is 19.9. The summed E-state index contributed by atoms with van der Waals surface area (Å²) >= 11 is 6.30. The molecule has 1 amide bonds. The van der Waals surface area contributed by atoms with E-state index < -0.39 is 0 Å². The van der Waals surface area contributed by atoms with Gasteiger partial charge in [-0.15, -0.1) is 0 Å². The summed E-state index contributed by atoms with van der Waals surface area (Å²) in [6.45, 7) is 5.22. The molecule has 6 heteroatoms. The Bertz CT molecular complexity index is 895. The van der Waals surface area contributed by atoms with Crippen molar-refractivity contribution in [2.75, 3.05) is 13.2 Å². The van der Waals surface area contributed by atoms with Gasteiger partial charge in [0.1, 0.15) is 29.0 Å². The summed E-state index contributed by atoms with van der Waals surface area (Å²) < 4.78 is 12.4. The Morgan fingerprint density at radius 2 is 1.71 bits per heavy atom. The molecule has 1 N–H and O–H groups in total. The molecule has 0 bridgehead atoms. The molecule has 1 aliphatic heterocycles. The smallest absolute Gasteiger partial charge is 0.263 e. The van der Waals surface area contributed by atoms with Crippen LogP contribution in [0.2, 0.25) is 0 Å². The lowest BCUT2D eigenvalue weighted by Gasteiger charge is -2.16. The Morgan fingerprint density at radius 1 is 1.07 bits per heavy atom. The number of amides is 1. The van der Waals surface area contributed by atoms with Gasteiger partial charge >= 0.3 is 0 Å². The molecule has 1 fully saturated rings. The summed E-state index contributed by atoms with van der Waals surface area (Å²) in [7, 11) is 0. The first-order valence-electron chi connectivity index (χ1n) is 9.27. The van der Waals surface area contributed by atoms with Crippen molar-refractivity contribution < 1.29 is 14.3 Å². The van der Waals surface area contributed by atoms with E-state index in [4.69, 9.17) is 21.7 Å². The molecule has 1 atom stereocenters. The third-order valence-corrected chi connectivity index (χ3v) is 5.67. The minimum atomic E-state index is -0.171. The molecular weight excluding hydrogens is 390 g/mol. The zero-order valence-corrected chi connectivity index (χ0v) is 17.6. The Kier molecular flexibility index (Phi) is 7.12. The van der Waals surface area contributed by atoms with E-state index in [9.17, 15) is 4.79 Å². The Hall–Kier alpha value is -2.31. The molecule has 2 aromatic carbocycles. The first-order valence-corrected chi connectivity index (χ1v) is 10.5. The lowest BCUT2D eigenvalue weighted by Crippen LogP contribution is -2.17. The first kappa shape index (κ1) is 20.4. The number of hydrogen-bond donors (Lipinski definition) is 1. The Morgan fingerprint density at radius 3 is 2.39 bits per heavy atom. The number of nitrogens with one attached hydrogen (secondary N) is 1. The van der Waals surface area contributed by atoms with Crippen LogP contribution in [0.1, 0.15) is 37.3 Å². The molecular formula is C22H23NO3S2. The third-order valence-electron chi connectivity index (χ3n) is 4.51. The summed E-state index contributed by atoms with van der Waals surface area (Å²) in [5, 5.41) is 2.62. The fourth-order valence-electron chi connectivity index (χ4n) is 2.84. The van der Waals surface area contributed by atoms with Crippen molar-refractivity contribution in [1.82, 2.24) is 5.32 Å². The van der Waals surface area contributed by atoms with Crippen LogP contribution in [0.15, 0.2) is 53.4 Å². The highest BCUT2D eigenvalue weighted by molar-refractivity contribution is 8.26. The van der Waals surface area contributed by atoms with Gasteiger partial charge in [-0.1, -0.05) is 74.2 Å². The van der Waals surface area contributed by atoms with Crippen LogP contribution in [-0.2, 0) is 4.79 Å². The second-order valence-electron chi connectivity index (χ2n) is 6.43. The van der Waals surface area contributed by atoms with Gasteiger partial charge in [-0.3, -0.25) is 4.79 Å². The van der Waals surface area contributed by atoms with Gasteiger partial charge in [0, 0.05) is 5.56 Å². The molecule has 1 aliphatic rings. The van der Waals surface area contributed by atoms with Crippen LogP contribution in [0.5, 0.6) is 11.5 Å². The van der Waals surface area contributed by atoms with E-state index in [1.807, 2.05) is 42.5 Å². The van der Waals surface area contributed by atoms with E-state index in [1.165, 1.54) is 17.3 Å². The summed E-state index contributed by atoms with van der Waals surface area (Å²) in [4.78, 5) is 12.4. The second-order valence-corrected chi connectivity index (χ2v) is 8.15. The number of thioether (sulfide) groups is 1. The lowest BCUT2D eigenvalue weighted by atomic mass is 9.98. The SMILES string of the molecule is CC[C@@H](C)c1ccccc1OCCOc1ccccc1/C=C1\SC(=S)NC1=O. The molecule has 4 nitrogen and oxygen atoms in total. The highest BCUT2D eigenvalue weighted by Crippen LogP contribution is 2.30. The van der Waals surface area contributed by atoms with E-state index in [1.54, 1.807) is 6.08 Å². The van der Waals surface area contributed by atoms with Gasteiger partial charge in [0.25, 0.3) is 5.91 Å². The van der Waals surface area contributed by atoms with E-state index >= 15 is 0 Å². The molecule has 1 saturated heterocycles. The van der Waals surface area contributed by atoms with E-state index in [2.05, 4.69) is 25.2 Å². The van der Waals surface area contributed by atoms with E-state index in [0.29, 0.717) is 34.1 Å². The minimum absolute atomic E-state index is 0.171. The lowest BCUT2D eigenvalue weighted by molar-refractivity contribution is -0.115. The number of hydrogen-bond acceptors (Lipinski definition) is 5. The number of carbonyl (C=O) groups excluding carboxylic acids is 1. The quantitative estimate of drug-likeness (QED) is 0.369. The van der Waals surface area contributed by atoms with Crippen LogP contribution < -0.4 is 14.8 Å². The fourth-order valence-corrected chi connectivity index (χ4v) is 3.87. The average molecular weight is 414 g/mol. The number of thiocarbonyl (C=S) groups is 1. The summed E-state index contributed by atoms with van der Waals surface area (Å²) in [6, 6.07) is 15.7. The predicted molar refractivity (Wildman–Crippen MR) is 119 cm³/mol. The first-order chi connectivity index (χ1) is 13.6. The standard InChI is InChI=1S/C22H23NO3S2/c1-3-15(2)17-9-5-7-11-19(17)26-13-12-25-18-10-6-4-8-16(18)14-20-21(24)23-22(27)28-20/h4-11,14-15H,3,12-13H2,1-2H3,(H,23,24,27)/b20-14-/t15-/m1/s1. The van der Waals surface area contributed by atoms with Gasteiger partial charge < -0.3 is 14.8 Å². The van der Waals surface area contributed by atoms with Gasteiger partial charge in [0.2, 0.25) is 0 Å². The Labute approximate surface area is 175 Å². The number of ether oxygens (including phenoxy) is 2. The van der Waals surface area contributed by atoms with Crippen molar-refractivity contribution in [3.63, 3.8) is 0 Å². The number of carbonyl (C=O) groups is 1. The highest BCUT2D eigenvalue weighted by Gasteiger charge is 2.22. The maximum absolute atomic E-state index is 11.9. The van der Waals surface area contributed by atoms with Crippen molar-refractivity contribution in [2.45, 2.75) is 26.2 Å². The summed E-state index contributed by atoms with van der Waals surface area (Å²) in [5.41, 5.74) is 2.06. The predicted octanol–water partition coefficient (Wildman–Crippen LogP) is 5.15. The van der Waals surface area contributed by atoms with Gasteiger partial charge in [-0.2, -0.15) is 0 Å². The molecule has 2 aromatic rings. The van der Waals surface area contributed by atoms with Crippen molar-refractivity contribution >= 4 is 40.3 Å². The molecule has 0 aliphatic carbocycles. The number of para-hydroxylation sites is 2. The van der Waals surface area contributed by atoms with E-state index in [-0.39, 0.29) is 5.91 Å². The largest absolute Gasteiger partial charge is 0.490 e. The van der Waals surface area contributed by atoms with Crippen LogP contribution >= 0.6 is 24.0 Å². The van der Waals surface area contributed by atoms with Crippen LogP contribution in [0.3, 0.4) is 0 Å². The number of rotatable bonds is 8. The van der Waals surface area contributed by atoms with Crippen molar-refractivity contribution in [1.29, 1.82) is 0 Å². The molecule has 146 valence electrons. The molecule has 0 aromatic heterocycles. The van der Waals surface area contributed by atoms with Crippen molar-refractivity contribution in [3.8, 4) is 11.5 Å². The van der Waals surface area contributed by atoms with Gasteiger partial charge in [0.05, 0.1) is 4.91 Å². The fraction of sp³-hybridized carbons (Fsp3) is 0.273. The third kappa shape index (κ3) is 5.14. The zero-order valence-electron chi connectivity index (χ0n) is 15.9. The second kappa shape index (κ2) is 9.75. The van der Waals surface area contributed by atoms with Gasteiger partial charge in [0.15, 0.2) is 0 Å². The van der Waals surface area contributed by atoms with E-state index in [0.717, 1.165) is 17.7 Å². The van der Waals surface area contributed by atoms with Gasteiger partial charge in [-0.25, -0.2) is 0 Å². The molecule has 3 rings (SSSR count). The maximum Gasteiger partial charge on any atom is 0.263 e.